The van der Waals surface area contributed by atoms with Gasteiger partial charge in [-0.05, 0) is 48.6 Å². The zero-order chi connectivity index (χ0) is 20.1. The van der Waals surface area contributed by atoms with Gasteiger partial charge in [-0.2, -0.15) is 0 Å². The average Bonchev–Trinajstić information content (AvgIpc) is 3.23. The number of hydrogen-bond donors (Lipinski definition) is 2. The molecule has 1 unspecified atom stereocenters. The molecule has 3 heterocycles. The van der Waals surface area contributed by atoms with E-state index in [0.29, 0.717) is 21.6 Å². The van der Waals surface area contributed by atoms with Crippen molar-refractivity contribution in [2.75, 3.05) is 11.1 Å². The molecule has 8 heteroatoms. The molecule has 3 aromatic rings. The van der Waals surface area contributed by atoms with Gasteiger partial charge in [-0.1, -0.05) is 39.0 Å². The minimum absolute atomic E-state index is 0.246. The third-order valence-corrected chi connectivity index (χ3v) is 7.60. The first-order valence-corrected chi connectivity index (χ1v) is 11.2. The predicted octanol–water partition coefficient (Wildman–Crippen LogP) is 4.70. The Kier molecular flexibility index (Phi) is 4.87. The van der Waals surface area contributed by atoms with Crippen molar-refractivity contribution in [3.05, 3.63) is 27.2 Å². The molecular formula is C20H25N5OS2. The number of aromatic nitrogens is 3. The number of anilines is 2. The van der Waals surface area contributed by atoms with Gasteiger partial charge in [0.1, 0.15) is 14.7 Å². The lowest BCUT2D eigenvalue weighted by atomic mass is 9.71. The van der Waals surface area contributed by atoms with E-state index in [2.05, 4.69) is 42.4 Å². The third kappa shape index (κ3) is 3.51. The molecule has 1 amide bonds. The van der Waals surface area contributed by atoms with E-state index in [-0.39, 0.29) is 11.3 Å². The lowest BCUT2D eigenvalue weighted by molar-refractivity contribution is 0.103. The van der Waals surface area contributed by atoms with Crippen LogP contribution in [0, 0.1) is 11.3 Å². The van der Waals surface area contributed by atoms with Gasteiger partial charge in [0, 0.05) is 11.1 Å². The molecule has 0 bridgehead atoms. The van der Waals surface area contributed by atoms with E-state index in [4.69, 9.17) is 10.7 Å². The van der Waals surface area contributed by atoms with Gasteiger partial charge < -0.3 is 5.73 Å². The second-order valence-electron chi connectivity index (χ2n) is 8.41. The van der Waals surface area contributed by atoms with Crippen molar-refractivity contribution in [3.8, 4) is 0 Å². The first-order chi connectivity index (χ1) is 13.3. The molecule has 4 rings (SSSR count). The maximum absolute atomic E-state index is 12.7. The molecule has 28 heavy (non-hydrogen) atoms. The zero-order valence-corrected chi connectivity index (χ0v) is 18.3. The maximum Gasteiger partial charge on any atom is 0.269 e. The molecule has 3 aromatic heterocycles. The van der Waals surface area contributed by atoms with Gasteiger partial charge in [0.2, 0.25) is 5.13 Å². The van der Waals surface area contributed by atoms with E-state index < -0.39 is 0 Å². The van der Waals surface area contributed by atoms with Crippen molar-refractivity contribution in [1.82, 2.24) is 15.2 Å². The number of amides is 1. The number of rotatable bonds is 3. The molecule has 6 nitrogen and oxygen atoms in total. The van der Waals surface area contributed by atoms with Gasteiger partial charge in [-0.15, -0.1) is 21.5 Å². The summed E-state index contributed by atoms with van der Waals surface area (Å²) in [4.78, 5) is 18.9. The fraction of sp³-hybridized carbons (Fsp3) is 0.500. The standard InChI is InChI=1S/C20H25N5OS2/c1-5-14-24-25-19(27-14)23-17(26)16-15(21)12-9-10-8-11(20(2,3)4)6-7-13(10)22-18(12)28-16/h9,11H,5-8,21H2,1-4H3,(H,23,25,26). The van der Waals surface area contributed by atoms with Crippen LogP contribution in [-0.4, -0.2) is 21.1 Å². The summed E-state index contributed by atoms with van der Waals surface area (Å²) in [7, 11) is 0. The molecule has 148 valence electrons. The van der Waals surface area contributed by atoms with E-state index in [1.165, 1.54) is 28.2 Å². The summed E-state index contributed by atoms with van der Waals surface area (Å²) < 4.78 is 0. The number of hydrogen-bond acceptors (Lipinski definition) is 7. The number of pyridine rings is 1. The molecule has 0 saturated carbocycles. The highest BCUT2D eigenvalue weighted by molar-refractivity contribution is 7.21. The Bertz CT molecular complexity index is 1050. The van der Waals surface area contributed by atoms with Crippen molar-refractivity contribution in [2.45, 2.75) is 53.4 Å². The third-order valence-electron chi connectivity index (χ3n) is 5.51. The molecule has 0 aliphatic heterocycles. The Morgan fingerprint density at radius 1 is 1.32 bits per heavy atom. The second kappa shape index (κ2) is 7.08. The van der Waals surface area contributed by atoms with Crippen LogP contribution in [0.4, 0.5) is 10.8 Å². The van der Waals surface area contributed by atoms with Crippen LogP contribution in [0.15, 0.2) is 6.07 Å². The zero-order valence-electron chi connectivity index (χ0n) is 16.6. The number of nitrogens with two attached hydrogens (primary N) is 1. The van der Waals surface area contributed by atoms with Crippen molar-refractivity contribution in [3.63, 3.8) is 0 Å². The molecular weight excluding hydrogens is 390 g/mol. The summed E-state index contributed by atoms with van der Waals surface area (Å²) in [6.45, 7) is 8.90. The molecule has 1 aliphatic rings. The van der Waals surface area contributed by atoms with Crippen molar-refractivity contribution < 1.29 is 4.79 Å². The molecule has 0 fully saturated rings. The largest absolute Gasteiger partial charge is 0.397 e. The average molecular weight is 416 g/mol. The Morgan fingerprint density at radius 2 is 2.11 bits per heavy atom. The highest BCUT2D eigenvalue weighted by Crippen LogP contribution is 2.40. The van der Waals surface area contributed by atoms with Crippen molar-refractivity contribution >= 4 is 49.6 Å². The quantitative estimate of drug-likeness (QED) is 0.647. The van der Waals surface area contributed by atoms with Crippen LogP contribution < -0.4 is 11.1 Å². The molecule has 1 atom stereocenters. The van der Waals surface area contributed by atoms with Gasteiger partial charge in [0.05, 0.1) is 5.69 Å². The number of carbonyl (C=O) groups excluding carboxylic acids is 1. The lowest BCUT2D eigenvalue weighted by Gasteiger charge is -2.34. The van der Waals surface area contributed by atoms with E-state index in [1.54, 1.807) is 0 Å². The summed E-state index contributed by atoms with van der Waals surface area (Å²) in [6.07, 6.45) is 3.95. The Morgan fingerprint density at radius 3 is 2.79 bits per heavy atom. The molecule has 0 saturated heterocycles. The van der Waals surface area contributed by atoms with Crippen LogP contribution in [0.2, 0.25) is 0 Å². The predicted molar refractivity (Wildman–Crippen MR) is 116 cm³/mol. The van der Waals surface area contributed by atoms with Crippen LogP contribution in [0.3, 0.4) is 0 Å². The Hall–Kier alpha value is -2.06. The Balaban J connectivity index is 1.64. The van der Waals surface area contributed by atoms with Gasteiger partial charge in [0.15, 0.2) is 0 Å². The maximum atomic E-state index is 12.7. The minimum Gasteiger partial charge on any atom is -0.397 e. The molecule has 0 spiro atoms. The fourth-order valence-electron chi connectivity index (χ4n) is 3.70. The lowest BCUT2D eigenvalue weighted by Crippen LogP contribution is -2.27. The second-order valence-corrected chi connectivity index (χ2v) is 10.5. The number of thiophene rings is 1. The van der Waals surface area contributed by atoms with E-state index in [1.807, 2.05) is 6.92 Å². The van der Waals surface area contributed by atoms with Crippen LogP contribution in [0.1, 0.15) is 60.1 Å². The smallest absolute Gasteiger partial charge is 0.269 e. The van der Waals surface area contributed by atoms with Gasteiger partial charge in [-0.25, -0.2) is 4.98 Å². The van der Waals surface area contributed by atoms with E-state index in [9.17, 15) is 4.79 Å². The topological polar surface area (TPSA) is 93.8 Å². The summed E-state index contributed by atoms with van der Waals surface area (Å²) in [6, 6.07) is 2.15. The SMILES string of the molecule is CCc1nnc(NC(=O)c2sc3nc4c(cc3c2N)CC(C(C)(C)C)CC4)s1. The summed E-state index contributed by atoms with van der Waals surface area (Å²) >= 11 is 2.74. The van der Waals surface area contributed by atoms with Crippen LogP contribution in [0.5, 0.6) is 0 Å². The molecule has 0 radical (unpaired) electrons. The van der Waals surface area contributed by atoms with E-state index in [0.717, 1.165) is 46.6 Å². The van der Waals surface area contributed by atoms with Gasteiger partial charge >= 0.3 is 0 Å². The molecule has 3 N–H and O–H groups in total. The summed E-state index contributed by atoms with van der Waals surface area (Å²) in [5, 5.41) is 13.1. The van der Waals surface area contributed by atoms with Gasteiger partial charge in [-0.3, -0.25) is 10.1 Å². The van der Waals surface area contributed by atoms with Crippen molar-refractivity contribution in [1.29, 1.82) is 0 Å². The monoisotopic (exact) mass is 415 g/mol. The van der Waals surface area contributed by atoms with Crippen LogP contribution >= 0.6 is 22.7 Å². The first kappa shape index (κ1) is 19.3. The van der Waals surface area contributed by atoms with Gasteiger partial charge in [0.25, 0.3) is 5.91 Å². The van der Waals surface area contributed by atoms with Crippen LogP contribution in [-0.2, 0) is 19.3 Å². The molecule has 1 aliphatic carbocycles. The highest BCUT2D eigenvalue weighted by atomic mass is 32.1. The number of carbonyl (C=O) groups is 1. The van der Waals surface area contributed by atoms with Crippen LogP contribution in [0.25, 0.3) is 10.2 Å². The number of fused-ring (bicyclic) bond motifs is 2. The number of aryl methyl sites for hydroxylation is 2. The summed E-state index contributed by atoms with van der Waals surface area (Å²) in [5.74, 6) is 0.386. The van der Waals surface area contributed by atoms with Crippen molar-refractivity contribution in [2.24, 2.45) is 11.3 Å². The number of nitrogens with one attached hydrogen (secondary N) is 1. The van der Waals surface area contributed by atoms with E-state index >= 15 is 0 Å². The number of nitrogens with zero attached hydrogens (tertiary/aromatic N) is 3. The first-order valence-electron chi connectivity index (χ1n) is 9.60. The fourth-order valence-corrected chi connectivity index (χ4v) is 5.37. The Labute approximate surface area is 172 Å². The minimum atomic E-state index is -0.246. The summed E-state index contributed by atoms with van der Waals surface area (Å²) in [5.41, 5.74) is 9.56. The highest BCUT2D eigenvalue weighted by Gasteiger charge is 2.30. The molecule has 0 aromatic carbocycles. The normalized spacial score (nSPS) is 16.9. The number of nitrogen functional groups attached to an aromatic ring is 1.